The van der Waals surface area contributed by atoms with Crippen molar-refractivity contribution in [1.82, 2.24) is 4.98 Å². The smallest absolute Gasteiger partial charge is 0.238 e. The van der Waals surface area contributed by atoms with Gasteiger partial charge in [0.05, 0.1) is 4.75 Å². The minimum atomic E-state index is -3.44. The van der Waals surface area contributed by atoms with Gasteiger partial charge in [-0.3, -0.25) is 4.98 Å². The maximum atomic E-state index is 11.3. The van der Waals surface area contributed by atoms with Crippen LogP contribution in [0.2, 0.25) is 0 Å². The van der Waals surface area contributed by atoms with Gasteiger partial charge < -0.3 is 0 Å². The average molecular weight is 232 g/mol. The van der Waals surface area contributed by atoms with Crippen LogP contribution < -0.4 is 0 Å². The molecule has 1 heterocycles. The third-order valence-electron chi connectivity index (χ3n) is 2.60. The minimum Gasteiger partial charge on any atom is -0.265 e. The van der Waals surface area contributed by atoms with E-state index in [4.69, 9.17) is 10.7 Å². The Labute approximate surface area is 87.5 Å². The third kappa shape index (κ3) is 1.77. The van der Waals surface area contributed by atoms with E-state index in [-0.39, 0.29) is 0 Å². The molecule has 0 atom stereocenters. The first-order valence-electron chi connectivity index (χ1n) is 4.37. The van der Waals surface area contributed by atoms with E-state index < -0.39 is 13.8 Å². The van der Waals surface area contributed by atoms with Crippen LogP contribution in [0.15, 0.2) is 24.5 Å². The van der Waals surface area contributed by atoms with Gasteiger partial charge in [0.15, 0.2) is 0 Å². The first kappa shape index (κ1) is 9.93. The molecule has 0 saturated heterocycles. The lowest BCUT2D eigenvalue weighted by atomic mass is 10.1. The van der Waals surface area contributed by atoms with Crippen molar-refractivity contribution < 1.29 is 8.42 Å². The number of aromatic nitrogens is 1. The molecule has 5 heteroatoms. The quantitative estimate of drug-likeness (QED) is 0.745. The summed E-state index contributed by atoms with van der Waals surface area (Å²) in [5, 5.41) is 0. The highest BCUT2D eigenvalue weighted by atomic mass is 35.7. The fraction of sp³-hybridized carbons (Fsp3) is 0.444. The van der Waals surface area contributed by atoms with Crippen molar-refractivity contribution in [3.8, 4) is 0 Å². The number of halogens is 1. The molecule has 0 N–H and O–H groups in total. The molecule has 1 aromatic heterocycles. The standard InChI is InChI=1S/C9H10ClNO2S/c10-14(12,13)9(3-4-9)7-8-1-5-11-6-2-8/h1-2,5-6H,3-4,7H2. The summed E-state index contributed by atoms with van der Waals surface area (Å²) in [6.07, 6.45) is 5.15. The molecular formula is C9H10ClNO2S. The SMILES string of the molecule is O=S(=O)(Cl)C1(Cc2ccncc2)CC1. The predicted octanol–water partition coefficient (Wildman–Crippen LogP) is 1.73. The van der Waals surface area contributed by atoms with Gasteiger partial charge in [0.1, 0.15) is 0 Å². The van der Waals surface area contributed by atoms with Crippen LogP contribution in [-0.4, -0.2) is 18.1 Å². The molecule has 1 aliphatic carbocycles. The summed E-state index contributed by atoms with van der Waals surface area (Å²) >= 11 is 0. The lowest BCUT2D eigenvalue weighted by Crippen LogP contribution is -2.20. The zero-order chi connectivity index (χ0) is 10.2. The van der Waals surface area contributed by atoms with E-state index in [1.165, 1.54) is 0 Å². The number of hydrogen-bond acceptors (Lipinski definition) is 3. The molecule has 0 radical (unpaired) electrons. The number of hydrogen-bond donors (Lipinski definition) is 0. The summed E-state index contributed by atoms with van der Waals surface area (Å²) in [6, 6.07) is 3.64. The molecule has 0 bridgehead atoms. The lowest BCUT2D eigenvalue weighted by molar-refractivity contribution is 0.590. The van der Waals surface area contributed by atoms with Gasteiger partial charge >= 0.3 is 0 Å². The molecule has 2 rings (SSSR count). The van der Waals surface area contributed by atoms with Gasteiger partial charge in [-0.2, -0.15) is 0 Å². The second-order valence-corrected chi connectivity index (χ2v) is 6.61. The molecule has 1 aromatic rings. The maximum absolute atomic E-state index is 11.3. The highest BCUT2D eigenvalue weighted by Gasteiger charge is 2.53. The molecule has 1 fully saturated rings. The van der Waals surface area contributed by atoms with Crippen molar-refractivity contribution in [1.29, 1.82) is 0 Å². The Kier molecular flexibility index (Phi) is 2.27. The molecule has 1 aliphatic rings. The Balaban J connectivity index is 2.21. The van der Waals surface area contributed by atoms with Crippen LogP contribution in [0.1, 0.15) is 18.4 Å². The van der Waals surface area contributed by atoms with E-state index in [2.05, 4.69) is 4.98 Å². The summed E-state index contributed by atoms with van der Waals surface area (Å²) in [4.78, 5) is 3.88. The van der Waals surface area contributed by atoms with Crippen LogP contribution >= 0.6 is 10.7 Å². The van der Waals surface area contributed by atoms with Crippen LogP contribution in [0.4, 0.5) is 0 Å². The van der Waals surface area contributed by atoms with Gasteiger partial charge in [0.2, 0.25) is 9.05 Å². The highest BCUT2D eigenvalue weighted by molar-refractivity contribution is 8.15. The van der Waals surface area contributed by atoms with Crippen molar-refractivity contribution in [2.24, 2.45) is 0 Å². The maximum Gasteiger partial charge on any atom is 0.238 e. The normalized spacial score (nSPS) is 19.2. The van der Waals surface area contributed by atoms with Gasteiger partial charge in [-0.1, -0.05) is 0 Å². The Bertz CT molecular complexity index is 425. The summed E-state index contributed by atoms with van der Waals surface area (Å²) < 4.78 is 21.8. The van der Waals surface area contributed by atoms with E-state index in [9.17, 15) is 8.42 Å². The number of pyridine rings is 1. The van der Waals surface area contributed by atoms with Crippen LogP contribution in [-0.2, 0) is 15.5 Å². The molecule has 0 unspecified atom stereocenters. The summed E-state index contributed by atoms with van der Waals surface area (Å²) in [7, 11) is 1.96. The number of nitrogens with zero attached hydrogens (tertiary/aromatic N) is 1. The van der Waals surface area contributed by atoms with Crippen molar-refractivity contribution in [2.75, 3.05) is 0 Å². The predicted molar refractivity (Wildman–Crippen MR) is 54.7 cm³/mol. The van der Waals surface area contributed by atoms with Gasteiger partial charge in [0.25, 0.3) is 0 Å². The topological polar surface area (TPSA) is 47.0 Å². The average Bonchev–Trinajstić information content (AvgIpc) is 2.86. The molecule has 0 aliphatic heterocycles. The Morgan fingerprint density at radius 3 is 2.36 bits per heavy atom. The summed E-state index contributed by atoms with van der Waals surface area (Å²) in [5.74, 6) is 0. The fourth-order valence-electron chi connectivity index (χ4n) is 1.52. The zero-order valence-electron chi connectivity index (χ0n) is 7.48. The fourth-order valence-corrected chi connectivity index (χ4v) is 3.07. The Hall–Kier alpha value is -0.610. The minimum absolute atomic E-state index is 0.501. The molecule has 76 valence electrons. The Morgan fingerprint density at radius 1 is 1.36 bits per heavy atom. The van der Waals surface area contributed by atoms with E-state index in [0.717, 1.165) is 5.56 Å². The summed E-state index contributed by atoms with van der Waals surface area (Å²) in [6.45, 7) is 0. The number of rotatable bonds is 3. The van der Waals surface area contributed by atoms with E-state index >= 15 is 0 Å². The van der Waals surface area contributed by atoms with Crippen molar-refractivity contribution in [2.45, 2.75) is 24.0 Å². The van der Waals surface area contributed by atoms with E-state index in [1.807, 2.05) is 12.1 Å². The zero-order valence-corrected chi connectivity index (χ0v) is 9.05. The van der Waals surface area contributed by atoms with Gasteiger partial charge in [-0.15, -0.1) is 0 Å². The Morgan fingerprint density at radius 2 is 1.93 bits per heavy atom. The van der Waals surface area contributed by atoms with E-state index in [1.54, 1.807) is 12.4 Å². The van der Waals surface area contributed by atoms with Crippen LogP contribution in [0.25, 0.3) is 0 Å². The van der Waals surface area contributed by atoms with Gasteiger partial charge in [0, 0.05) is 23.1 Å². The van der Waals surface area contributed by atoms with Crippen molar-refractivity contribution in [3.05, 3.63) is 30.1 Å². The highest BCUT2D eigenvalue weighted by Crippen LogP contribution is 2.47. The lowest BCUT2D eigenvalue weighted by Gasteiger charge is -2.10. The first-order valence-corrected chi connectivity index (χ1v) is 6.68. The largest absolute Gasteiger partial charge is 0.265 e. The second-order valence-electron chi connectivity index (χ2n) is 3.65. The molecule has 3 nitrogen and oxygen atoms in total. The van der Waals surface area contributed by atoms with Gasteiger partial charge in [-0.05, 0) is 37.0 Å². The van der Waals surface area contributed by atoms with E-state index in [0.29, 0.717) is 19.3 Å². The molecular weight excluding hydrogens is 222 g/mol. The van der Waals surface area contributed by atoms with Crippen LogP contribution in [0.3, 0.4) is 0 Å². The summed E-state index contributed by atoms with van der Waals surface area (Å²) in [5.41, 5.74) is 0.974. The molecule has 0 aromatic carbocycles. The third-order valence-corrected chi connectivity index (χ3v) is 5.17. The molecule has 14 heavy (non-hydrogen) atoms. The first-order chi connectivity index (χ1) is 6.54. The second kappa shape index (κ2) is 3.21. The van der Waals surface area contributed by atoms with Crippen molar-refractivity contribution >= 4 is 19.7 Å². The van der Waals surface area contributed by atoms with Gasteiger partial charge in [-0.25, -0.2) is 8.42 Å². The molecule has 1 saturated carbocycles. The van der Waals surface area contributed by atoms with Crippen LogP contribution in [0, 0.1) is 0 Å². The van der Waals surface area contributed by atoms with Crippen molar-refractivity contribution in [3.63, 3.8) is 0 Å². The monoisotopic (exact) mass is 231 g/mol. The van der Waals surface area contributed by atoms with Crippen LogP contribution in [0.5, 0.6) is 0 Å². The molecule has 0 amide bonds. The molecule has 0 spiro atoms.